The maximum atomic E-state index is 12.1. The van der Waals surface area contributed by atoms with E-state index >= 15 is 0 Å². The number of hydrogen-bond donors (Lipinski definition) is 1. The Morgan fingerprint density at radius 3 is 2.67 bits per heavy atom. The summed E-state index contributed by atoms with van der Waals surface area (Å²) in [6.07, 6.45) is 4.93. The van der Waals surface area contributed by atoms with Crippen LogP contribution in [0.4, 0.5) is 0 Å². The minimum absolute atomic E-state index is 0.208. The fraction of sp³-hybridized carbons (Fsp3) is 0.188. The molecule has 2 heterocycles. The van der Waals surface area contributed by atoms with Gasteiger partial charge in [0.2, 0.25) is 0 Å². The monoisotopic (exact) mass is 280 g/mol. The van der Waals surface area contributed by atoms with Crippen molar-refractivity contribution in [2.24, 2.45) is 0 Å². The Balaban J connectivity index is 2.07. The third kappa shape index (κ3) is 2.63. The molecular weight excluding hydrogens is 264 g/mol. The van der Waals surface area contributed by atoms with Crippen LogP contribution in [0, 0.1) is 0 Å². The number of aromatic nitrogens is 4. The first-order valence-corrected chi connectivity index (χ1v) is 6.93. The normalized spacial score (nSPS) is 10.7. The lowest BCUT2D eigenvalue weighted by Gasteiger charge is -2.10. The lowest BCUT2D eigenvalue weighted by molar-refractivity contribution is 0.877. The highest BCUT2D eigenvalue weighted by molar-refractivity contribution is 5.42. The number of H-pyrrole nitrogens is 1. The molecule has 0 spiro atoms. The topological polar surface area (TPSA) is 63.6 Å². The number of benzene rings is 1. The molecule has 0 radical (unpaired) electrons. The molecule has 0 fully saturated rings. The van der Waals surface area contributed by atoms with Gasteiger partial charge >= 0.3 is 5.69 Å². The van der Waals surface area contributed by atoms with E-state index in [2.05, 4.69) is 22.1 Å². The summed E-state index contributed by atoms with van der Waals surface area (Å²) in [4.78, 5) is 16.1. The van der Waals surface area contributed by atoms with Crippen LogP contribution in [-0.4, -0.2) is 19.7 Å². The summed E-state index contributed by atoms with van der Waals surface area (Å²) in [5.74, 6) is 0.701. The lowest BCUT2D eigenvalue weighted by atomic mass is 10.1. The van der Waals surface area contributed by atoms with Gasteiger partial charge in [0.1, 0.15) is 5.82 Å². The van der Waals surface area contributed by atoms with E-state index in [0.717, 1.165) is 23.2 Å². The van der Waals surface area contributed by atoms with Gasteiger partial charge < -0.3 is 0 Å². The van der Waals surface area contributed by atoms with Crippen LogP contribution in [0.5, 0.6) is 0 Å². The zero-order valence-corrected chi connectivity index (χ0v) is 11.8. The van der Waals surface area contributed by atoms with Gasteiger partial charge in [-0.05, 0) is 35.7 Å². The van der Waals surface area contributed by atoms with Crippen molar-refractivity contribution in [3.05, 3.63) is 76.2 Å². The summed E-state index contributed by atoms with van der Waals surface area (Å²) in [6, 6.07) is 11.8. The van der Waals surface area contributed by atoms with Crippen molar-refractivity contribution >= 4 is 0 Å². The molecule has 0 aliphatic rings. The van der Waals surface area contributed by atoms with Gasteiger partial charge in [0.05, 0.1) is 5.69 Å². The number of pyridine rings is 1. The molecule has 0 saturated heterocycles. The van der Waals surface area contributed by atoms with Gasteiger partial charge in [-0.2, -0.15) is 5.10 Å². The predicted octanol–water partition coefficient (Wildman–Crippen LogP) is 2.11. The molecule has 3 rings (SSSR count). The highest BCUT2D eigenvalue weighted by Gasteiger charge is 2.13. The van der Waals surface area contributed by atoms with E-state index in [4.69, 9.17) is 0 Å². The van der Waals surface area contributed by atoms with Crippen molar-refractivity contribution in [2.45, 2.75) is 19.8 Å². The van der Waals surface area contributed by atoms with Crippen molar-refractivity contribution in [3.8, 4) is 5.69 Å². The largest absolute Gasteiger partial charge is 0.347 e. The predicted molar refractivity (Wildman–Crippen MR) is 80.6 cm³/mol. The number of para-hydroxylation sites is 1. The van der Waals surface area contributed by atoms with E-state index in [1.54, 1.807) is 17.0 Å². The van der Waals surface area contributed by atoms with Crippen molar-refractivity contribution < 1.29 is 0 Å². The zero-order chi connectivity index (χ0) is 14.7. The summed E-state index contributed by atoms with van der Waals surface area (Å²) in [5.41, 5.74) is 2.87. The van der Waals surface area contributed by atoms with Crippen molar-refractivity contribution in [1.82, 2.24) is 19.7 Å². The highest BCUT2D eigenvalue weighted by atomic mass is 16.1. The number of aromatic amines is 1. The molecule has 0 saturated carbocycles. The molecule has 1 aromatic carbocycles. The van der Waals surface area contributed by atoms with Crippen LogP contribution in [0.3, 0.4) is 0 Å². The highest BCUT2D eigenvalue weighted by Crippen LogP contribution is 2.16. The van der Waals surface area contributed by atoms with E-state index in [9.17, 15) is 4.79 Å². The van der Waals surface area contributed by atoms with Crippen LogP contribution in [0.25, 0.3) is 5.69 Å². The molecule has 0 aliphatic carbocycles. The fourth-order valence-electron chi connectivity index (χ4n) is 2.41. The van der Waals surface area contributed by atoms with Crippen LogP contribution < -0.4 is 5.69 Å². The molecule has 0 atom stereocenters. The first kappa shape index (κ1) is 13.3. The molecule has 3 aromatic rings. The van der Waals surface area contributed by atoms with Gasteiger partial charge in [-0.25, -0.2) is 14.5 Å². The second-order valence-electron chi connectivity index (χ2n) is 4.79. The van der Waals surface area contributed by atoms with Gasteiger partial charge in [0.25, 0.3) is 0 Å². The zero-order valence-electron chi connectivity index (χ0n) is 11.8. The molecule has 21 heavy (non-hydrogen) atoms. The van der Waals surface area contributed by atoms with Gasteiger partial charge in [-0.1, -0.05) is 25.1 Å². The van der Waals surface area contributed by atoms with Crippen molar-refractivity contribution in [1.29, 1.82) is 0 Å². The summed E-state index contributed by atoms with van der Waals surface area (Å²) in [7, 11) is 0. The molecule has 5 nitrogen and oxygen atoms in total. The minimum atomic E-state index is -0.208. The van der Waals surface area contributed by atoms with Crippen LogP contribution >= 0.6 is 0 Å². The average Bonchev–Trinajstić information content (AvgIpc) is 2.89. The number of hydrogen-bond acceptors (Lipinski definition) is 3. The van der Waals surface area contributed by atoms with Crippen LogP contribution in [0.15, 0.2) is 53.6 Å². The number of aryl methyl sites for hydroxylation is 1. The van der Waals surface area contributed by atoms with Gasteiger partial charge in [-0.15, -0.1) is 0 Å². The summed E-state index contributed by atoms with van der Waals surface area (Å²) >= 11 is 0. The standard InChI is InChI=1S/C16H16N4O/c1-2-13-5-3-4-6-14(13)20-15(18-19-16(20)21)11-12-7-9-17-10-8-12/h3-10H,2,11H2,1H3,(H,19,21). The molecule has 5 heteroatoms. The van der Waals surface area contributed by atoms with Crippen molar-refractivity contribution in [2.75, 3.05) is 0 Å². The third-order valence-corrected chi connectivity index (χ3v) is 3.47. The number of nitrogens with one attached hydrogen (secondary N) is 1. The lowest BCUT2D eigenvalue weighted by Crippen LogP contribution is -2.18. The Bertz CT molecular complexity index is 789. The molecular formula is C16H16N4O. The van der Waals surface area contributed by atoms with E-state index in [-0.39, 0.29) is 5.69 Å². The first-order chi connectivity index (χ1) is 10.3. The Morgan fingerprint density at radius 2 is 1.90 bits per heavy atom. The van der Waals surface area contributed by atoms with Crippen LogP contribution in [0.2, 0.25) is 0 Å². The Labute approximate surface area is 122 Å². The fourth-order valence-corrected chi connectivity index (χ4v) is 2.41. The van der Waals surface area contributed by atoms with E-state index in [0.29, 0.717) is 12.2 Å². The number of rotatable bonds is 4. The molecule has 0 unspecified atom stereocenters. The van der Waals surface area contributed by atoms with E-state index in [1.807, 2.05) is 36.4 Å². The summed E-state index contributed by atoms with van der Waals surface area (Å²) < 4.78 is 1.65. The maximum Gasteiger partial charge on any atom is 0.347 e. The Hall–Kier alpha value is -2.69. The Morgan fingerprint density at radius 1 is 1.14 bits per heavy atom. The average molecular weight is 280 g/mol. The Kier molecular flexibility index (Phi) is 3.64. The molecule has 0 amide bonds. The second-order valence-corrected chi connectivity index (χ2v) is 4.79. The quantitative estimate of drug-likeness (QED) is 0.796. The molecule has 1 N–H and O–H groups in total. The SMILES string of the molecule is CCc1ccccc1-n1c(Cc2ccncc2)n[nH]c1=O. The first-order valence-electron chi connectivity index (χ1n) is 6.93. The van der Waals surface area contributed by atoms with Crippen molar-refractivity contribution in [3.63, 3.8) is 0 Å². The van der Waals surface area contributed by atoms with Gasteiger partial charge in [0, 0.05) is 18.8 Å². The second kappa shape index (κ2) is 5.75. The van der Waals surface area contributed by atoms with Crippen LogP contribution in [0.1, 0.15) is 23.9 Å². The van der Waals surface area contributed by atoms with Crippen LogP contribution in [-0.2, 0) is 12.8 Å². The minimum Gasteiger partial charge on any atom is -0.265 e. The molecule has 2 aromatic heterocycles. The molecule has 106 valence electrons. The number of nitrogens with zero attached hydrogens (tertiary/aromatic N) is 3. The van der Waals surface area contributed by atoms with E-state index < -0.39 is 0 Å². The smallest absolute Gasteiger partial charge is 0.265 e. The van der Waals surface area contributed by atoms with Gasteiger partial charge in [0.15, 0.2) is 0 Å². The van der Waals surface area contributed by atoms with E-state index in [1.165, 1.54) is 0 Å². The van der Waals surface area contributed by atoms with Gasteiger partial charge in [-0.3, -0.25) is 4.98 Å². The summed E-state index contributed by atoms with van der Waals surface area (Å²) in [6.45, 7) is 2.08. The third-order valence-electron chi connectivity index (χ3n) is 3.47. The molecule has 0 aliphatic heterocycles. The molecule has 0 bridgehead atoms. The summed E-state index contributed by atoms with van der Waals surface area (Å²) in [5, 5.41) is 6.72. The maximum absolute atomic E-state index is 12.1.